The number of aryl methyl sites for hydroxylation is 1. The first-order valence-corrected chi connectivity index (χ1v) is 8.10. The van der Waals surface area contributed by atoms with Gasteiger partial charge in [0.15, 0.2) is 11.6 Å². The van der Waals surface area contributed by atoms with Crippen molar-refractivity contribution >= 4 is 11.6 Å². The number of ether oxygens (including phenoxy) is 1. The van der Waals surface area contributed by atoms with Crippen LogP contribution >= 0.6 is 0 Å². The molecule has 0 aliphatic carbocycles. The van der Waals surface area contributed by atoms with Crippen LogP contribution in [0.2, 0.25) is 0 Å². The molecule has 0 spiro atoms. The van der Waals surface area contributed by atoms with E-state index in [1.807, 2.05) is 23.1 Å². The molecular weight excluding hydrogens is 307 g/mol. The third-order valence-electron chi connectivity index (χ3n) is 4.23. The first kappa shape index (κ1) is 16.5. The van der Waals surface area contributed by atoms with Crippen molar-refractivity contribution in [2.24, 2.45) is 0 Å². The Morgan fingerprint density at radius 2 is 2.12 bits per heavy atom. The minimum absolute atomic E-state index is 0.0381. The fourth-order valence-corrected chi connectivity index (χ4v) is 3.02. The summed E-state index contributed by atoms with van der Waals surface area (Å²) >= 11 is 0. The molecule has 0 aromatic heterocycles. The van der Waals surface area contributed by atoms with E-state index in [2.05, 4.69) is 11.4 Å². The molecule has 1 aliphatic heterocycles. The van der Waals surface area contributed by atoms with E-state index in [0.717, 1.165) is 30.6 Å². The smallest absolute Gasteiger partial charge is 0.240 e. The number of methoxy groups -OCH3 is 1. The molecule has 0 unspecified atom stereocenters. The highest BCUT2D eigenvalue weighted by Crippen LogP contribution is 2.26. The summed E-state index contributed by atoms with van der Waals surface area (Å²) in [6.07, 6.45) is 1.99. The average molecular weight is 328 g/mol. The number of rotatable bonds is 5. The summed E-state index contributed by atoms with van der Waals surface area (Å²) < 4.78 is 18.6. The van der Waals surface area contributed by atoms with Crippen LogP contribution in [0.25, 0.3) is 0 Å². The lowest BCUT2D eigenvalue weighted by molar-refractivity contribution is -0.117. The first-order chi connectivity index (χ1) is 11.7. The van der Waals surface area contributed by atoms with E-state index in [0.29, 0.717) is 6.54 Å². The second-order valence-electron chi connectivity index (χ2n) is 5.85. The van der Waals surface area contributed by atoms with Crippen molar-refractivity contribution in [3.63, 3.8) is 0 Å². The van der Waals surface area contributed by atoms with Gasteiger partial charge in [0.2, 0.25) is 5.91 Å². The molecular formula is C19H21FN2O2. The fourth-order valence-electron chi connectivity index (χ4n) is 3.02. The zero-order valence-electron chi connectivity index (χ0n) is 13.7. The maximum Gasteiger partial charge on any atom is 0.240 e. The molecule has 0 bridgehead atoms. The molecule has 1 heterocycles. The van der Waals surface area contributed by atoms with Crippen LogP contribution in [-0.2, 0) is 17.8 Å². The predicted octanol–water partition coefficient (Wildman–Crippen LogP) is 2.90. The van der Waals surface area contributed by atoms with Crippen molar-refractivity contribution in [3.05, 3.63) is 59.4 Å². The quantitative estimate of drug-likeness (QED) is 0.918. The summed E-state index contributed by atoms with van der Waals surface area (Å²) in [6.45, 7) is 1.40. The van der Waals surface area contributed by atoms with E-state index in [-0.39, 0.29) is 18.2 Å². The molecule has 0 saturated carbocycles. The molecule has 126 valence electrons. The molecule has 0 atom stereocenters. The van der Waals surface area contributed by atoms with Gasteiger partial charge in [0.05, 0.1) is 13.7 Å². The Morgan fingerprint density at radius 1 is 1.29 bits per heavy atom. The molecule has 3 rings (SSSR count). The predicted molar refractivity (Wildman–Crippen MR) is 91.8 cm³/mol. The van der Waals surface area contributed by atoms with E-state index in [1.54, 1.807) is 12.1 Å². The van der Waals surface area contributed by atoms with Crippen LogP contribution in [-0.4, -0.2) is 26.1 Å². The van der Waals surface area contributed by atoms with Gasteiger partial charge in [-0.15, -0.1) is 0 Å². The van der Waals surface area contributed by atoms with Crippen LogP contribution in [0.1, 0.15) is 17.5 Å². The van der Waals surface area contributed by atoms with E-state index in [9.17, 15) is 9.18 Å². The molecule has 24 heavy (non-hydrogen) atoms. The molecule has 1 amide bonds. The number of hydrogen-bond donors (Lipinski definition) is 1. The van der Waals surface area contributed by atoms with Crippen LogP contribution in [0.3, 0.4) is 0 Å². The Bertz CT molecular complexity index is 733. The molecule has 0 radical (unpaired) electrons. The average Bonchev–Trinajstić information content (AvgIpc) is 2.61. The van der Waals surface area contributed by atoms with Crippen molar-refractivity contribution < 1.29 is 13.9 Å². The van der Waals surface area contributed by atoms with Gasteiger partial charge < -0.3 is 15.0 Å². The van der Waals surface area contributed by atoms with Gasteiger partial charge in [-0.3, -0.25) is 4.79 Å². The van der Waals surface area contributed by atoms with Crippen molar-refractivity contribution in [2.75, 3.05) is 25.1 Å². The van der Waals surface area contributed by atoms with Crippen LogP contribution in [0.15, 0.2) is 42.5 Å². The Hall–Kier alpha value is -2.40. The number of hydrogen-bond acceptors (Lipinski definition) is 3. The molecule has 2 aromatic rings. The third kappa shape index (κ3) is 3.57. The summed E-state index contributed by atoms with van der Waals surface area (Å²) in [5.74, 6) is -0.135. The summed E-state index contributed by atoms with van der Waals surface area (Å²) in [5, 5.41) is 3.10. The maximum atomic E-state index is 13.7. The van der Waals surface area contributed by atoms with Gasteiger partial charge in [0.1, 0.15) is 0 Å². The minimum Gasteiger partial charge on any atom is -0.494 e. The lowest BCUT2D eigenvalue weighted by atomic mass is 10.0. The largest absolute Gasteiger partial charge is 0.494 e. The van der Waals surface area contributed by atoms with Crippen LogP contribution in [0.4, 0.5) is 10.1 Å². The number of carbonyl (C=O) groups is 1. The molecule has 1 N–H and O–H groups in total. The fraction of sp³-hybridized carbons (Fsp3) is 0.316. The van der Waals surface area contributed by atoms with E-state index >= 15 is 0 Å². The molecule has 4 nitrogen and oxygen atoms in total. The molecule has 5 heteroatoms. The van der Waals surface area contributed by atoms with Crippen molar-refractivity contribution in [1.29, 1.82) is 0 Å². The number of nitrogens with one attached hydrogen (secondary N) is 1. The van der Waals surface area contributed by atoms with Crippen molar-refractivity contribution in [1.82, 2.24) is 5.32 Å². The summed E-state index contributed by atoms with van der Waals surface area (Å²) in [6, 6.07) is 12.8. The normalized spacial score (nSPS) is 13.5. The number of carbonyl (C=O) groups excluding carboxylic acids is 1. The van der Waals surface area contributed by atoms with Gasteiger partial charge in [-0.05, 0) is 42.2 Å². The SMILES string of the molecule is COc1ccc(CNCC(=O)N2CCCc3ccccc32)cc1F. The van der Waals surface area contributed by atoms with Gasteiger partial charge in [0.25, 0.3) is 0 Å². The molecule has 2 aromatic carbocycles. The number of anilines is 1. The van der Waals surface area contributed by atoms with E-state index < -0.39 is 5.82 Å². The number of halogens is 1. The number of nitrogens with zero attached hydrogens (tertiary/aromatic N) is 1. The maximum absolute atomic E-state index is 13.7. The van der Waals surface area contributed by atoms with Crippen molar-refractivity contribution in [2.45, 2.75) is 19.4 Å². The lowest BCUT2D eigenvalue weighted by Crippen LogP contribution is -2.41. The van der Waals surface area contributed by atoms with Gasteiger partial charge in [-0.25, -0.2) is 4.39 Å². The van der Waals surface area contributed by atoms with Gasteiger partial charge >= 0.3 is 0 Å². The second-order valence-corrected chi connectivity index (χ2v) is 5.85. The Balaban J connectivity index is 1.58. The number of para-hydroxylation sites is 1. The van der Waals surface area contributed by atoms with Crippen LogP contribution < -0.4 is 15.0 Å². The van der Waals surface area contributed by atoms with Gasteiger partial charge in [0, 0.05) is 18.8 Å². The number of amides is 1. The topological polar surface area (TPSA) is 41.6 Å². The zero-order chi connectivity index (χ0) is 16.9. The standard InChI is InChI=1S/C19H21FN2O2/c1-24-18-9-8-14(11-16(18)20)12-21-13-19(23)22-10-4-6-15-5-2-3-7-17(15)22/h2-3,5,7-9,11,21H,4,6,10,12-13H2,1H3. The molecule has 1 aliphatic rings. The Morgan fingerprint density at radius 3 is 2.92 bits per heavy atom. The van der Waals surface area contributed by atoms with Gasteiger partial charge in [-0.1, -0.05) is 24.3 Å². The summed E-state index contributed by atoms with van der Waals surface area (Å²) in [4.78, 5) is 14.3. The lowest BCUT2D eigenvalue weighted by Gasteiger charge is -2.29. The second kappa shape index (κ2) is 7.45. The van der Waals surface area contributed by atoms with Crippen LogP contribution in [0.5, 0.6) is 5.75 Å². The Kier molecular flexibility index (Phi) is 5.11. The minimum atomic E-state index is -0.395. The third-order valence-corrected chi connectivity index (χ3v) is 4.23. The summed E-state index contributed by atoms with van der Waals surface area (Å²) in [7, 11) is 1.44. The van der Waals surface area contributed by atoms with E-state index in [4.69, 9.17) is 4.74 Å². The van der Waals surface area contributed by atoms with E-state index in [1.165, 1.54) is 18.7 Å². The number of fused-ring (bicyclic) bond motifs is 1. The highest BCUT2D eigenvalue weighted by atomic mass is 19.1. The zero-order valence-corrected chi connectivity index (χ0v) is 13.7. The monoisotopic (exact) mass is 328 g/mol. The van der Waals surface area contributed by atoms with Crippen molar-refractivity contribution in [3.8, 4) is 5.75 Å². The highest BCUT2D eigenvalue weighted by molar-refractivity contribution is 5.95. The van der Waals surface area contributed by atoms with Gasteiger partial charge in [-0.2, -0.15) is 0 Å². The molecule has 0 saturated heterocycles. The Labute approximate surface area is 141 Å². The molecule has 0 fully saturated rings. The van der Waals surface area contributed by atoms with Crippen LogP contribution in [0, 0.1) is 5.82 Å². The highest BCUT2D eigenvalue weighted by Gasteiger charge is 2.21. The first-order valence-electron chi connectivity index (χ1n) is 8.10. The summed E-state index contributed by atoms with van der Waals surface area (Å²) in [5.41, 5.74) is 3.00. The number of benzene rings is 2.